The third-order valence-corrected chi connectivity index (χ3v) is 3.44. The molecule has 2 aromatic heterocycles. The topological polar surface area (TPSA) is 62.2 Å². The fourth-order valence-corrected chi connectivity index (χ4v) is 2.44. The van der Waals surface area contributed by atoms with Gasteiger partial charge in [-0.25, -0.2) is 4.98 Å². The minimum Gasteiger partial charge on any atom is -0.481 e. The first-order chi connectivity index (χ1) is 8.16. The Bertz CT molecular complexity index is 524. The van der Waals surface area contributed by atoms with Crippen molar-refractivity contribution in [3.05, 3.63) is 23.7 Å². The summed E-state index contributed by atoms with van der Waals surface area (Å²) in [6, 6.07) is 4.11. The van der Waals surface area contributed by atoms with Crippen molar-refractivity contribution in [2.75, 3.05) is 5.32 Å². The summed E-state index contributed by atoms with van der Waals surface area (Å²) in [6.07, 6.45) is 2.54. The summed E-state index contributed by atoms with van der Waals surface area (Å²) >= 11 is 1.67. The Kier molecular flexibility index (Phi) is 3.58. The van der Waals surface area contributed by atoms with E-state index in [0.717, 1.165) is 11.2 Å². The Labute approximate surface area is 103 Å². The number of thiophene rings is 1. The highest BCUT2D eigenvalue weighted by atomic mass is 32.1. The van der Waals surface area contributed by atoms with E-state index in [9.17, 15) is 4.79 Å². The normalized spacial score (nSPS) is 12.5. The summed E-state index contributed by atoms with van der Waals surface area (Å²) in [5, 5.41) is 15.0. The number of pyridine rings is 1. The van der Waals surface area contributed by atoms with Crippen LogP contribution in [0.15, 0.2) is 23.7 Å². The van der Waals surface area contributed by atoms with Gasteiger partial charge in [-0.1, -0.05) is 0 Å². The summed E-state index contributed by atoms with van der Waals surface area (Å²) < 4.78 is 1.19. The number of aromatic nitrogens is 1. The van der Waals surface area contributed by atoms with Gasteiger partial charge in [0.15, 0.2) is 0 Å². The van der Waals surface area contributed by atoms with Crippen LogP contribution in [0.1, 0.15) is 19.8 Å². The molecule has 2 aromatic rings. The van der Waals surface area contributed by atoms with Crippen molar-refractivity contribution in [2.24, 2.45) is 0 Å². The molecule has 0 radical (unpaired) electrons. The van der Waals surface area contributed by atoms with E-state index < -0.39 is 5.97 Å². The number of hydrogen-bond acceptors (Lipinski definition) is 4. The highest BCUT2D eigenvalue weighted by Crippen LogP contribution is 2.26. The van der Waals surface area contributed by atoms with E-state index in [-0.39, 0.29) is 12.5 Å². The van der Waals surface area contributed by atoms with Crippen LogP contribution in [-0.4, -0.2) is 22.1 Å². The average molecular weight is 250 g/mol. The maximum atomic E-state index is 10.5. The number of hydrogen-bond donors (Lipinski definition) is 2. The molecule has 0 saturated carbocycles. The predicted molar refractivity (Wildman–Crippen MR) is 69.6 cm³/mol. The molecule has 90 valence electrons. The van der Waals surface area contributed by atoms with Crippen molar-refractivity contribution in [3.8, 4) is 0 Å². The Morgan fingerprint density at radius 1 is 1.59 bits per heavy atom. The van der Waals surface area contributed by atoms with Gasteiger partial charge in [-0.05, 0) is 30.9 Å². The lowest BCUT2D eigenvalue weighted by Gasteiger charge is -2.13. The van der Waals surface area contributed by atoms with E-state index in [2.05, 4.69) is 10.3 Å². The lowest BCUT2D eigenvalue weighted by Crippen LogP contribution is -2.17. The smallest absolute Gasteiger partial charge is 0.303 e. The zero-order chi connectivity index (χ0) is 12.3. The van der Waals surface area contributed by atoms with Crippen molar-refractivity contribution >= 4 is 33.2 Å². The molecule has 0 aliphatic rings. The molecule has 2 heterocycles. The van der Waals surface area contributed by atoms with Gasteiger partial charge in [-0.15, -0.1) is 11.3 Å². The zero-order valence-corrected chi connectivity index (χ0v) is 10.3. The summed E-state index contributed by atoms with van der Waals surface area (Å²) in [6.45, 7) is 1.97. The van der Waals surface area contributed by atoms with Crippen molar-refractivity contribution < 1.29 is 9.90 Å². The van der Waals surface area contributed by atoms with Crippen LogP contribution >= 0.6 is 11.3 Å². The third-order valence-electron chi connectivity index (χ3n) is 2.55. The molecule has 0 fully saturated rings. The molecule has 0 bridgehead atoms. The van der Waals surface area contributed by atoms with E-state index in [1.54, 1.807) is 17.5 Å². The summed E-state index contributed by atoms with van der Waals surface area (Å²) in [4.78, 5) is 14.8. The third kappa shape index (κ3) is 2.94. The number of carbonyl (C=O) groups is 1. The van der Waals surface area contributed by atoms with Gasteiger partial charge >= 0.3 is 5.97 Å². The molecule has 0 amide bonds. The number of nitrogens with zero attached hydrogens (tertiary/aromatic N) is 1. The summed E-state index contributed by atoms with van der Waals surface area (Å²) in [5.41, 5.74) is 0. The number of nitrogens with one attached hydrogen (secondary N) is 1. The second-order valence-electron chi connectivity index (χ2n) is 3.97. The molecule has 5 heteroatoms. The lowest BCUT2D eigenvalue weighted by molar-refractivity contribution is -0.137. The minimum absolute atomic E-state index is 0.101. The van der Waals surface area contributed by atoms with Crippen LogP contribution in [0.2, 0.25) is 0 Å². The Hall–Kier alpha value is -1.62. The van der Waals surface area contributed by atoms with Crippen LogP contribution in [0, 0.1) is 0 Å². The molecule has 0 saturated heterocycles. The van der Waals surface area contributed by atoms with Crippen LogP contribution in [0.3, 0.4) is 0 Å². The van der Waals surface area contributed by atoms with E-state index in [1.165, 1.54) is 4.70 Å². The molecule has 2 N–H and O–H groups in total. The van der Waals surface area contributed by atoms with Gasteiger partial charge in [0.1, 0.15) is 5.82 Å². The number of fused-ring (bicyclic) bond motifs is 1. The molecule has 0 aliphatic heterocycles. The SMILES string of the molecule is CC(CCC(=O)O)Nc1nccc2sccc12. The molecule has 0 spiro atoms. The highest BCUT2D eigenvalue weighted by Gasteiger charge is 2.08. The maximum absolute atomic E-state index is 10.5. The van der Waals surface area contributed by atoms with Crippen molar-refractivity contribution in [2.45, 2.75) is 25.8 Å². The molecule has 0 aromatic carbocycles. The maximum Gasteiger partial charge on any atom is 0.303 e. The molecule has 1 unspecified atom stereocenters. The fraction of sp³-hybridized carbons (Fsp3) is 0.333. The van der Waals surface area contributed by atoms with Crippen LogP contribution in [0.25, 0.3) is 10.1 Å². The van der Waals surface area contributed by atoms with E-state index in [1.807, 2.05) is 24.4 Å². The quantitative estimate of drug-likeness (QED) is 0.856. The van der Waals surface area contributed by atoms with Crippen LogP contribution in [0.5, 0.6) is 0 Å². The largest absolute Gasteiger partial charge is 0.481 e. The summed E-state index contributed by atoms with van der Waals surface area (Å²) in [5.74, 6) is 0.0713. The highest BCUT2D eigenvalue weighted by molar-refractivity contribution is 7.17. The van der Waals surface area contributed by atoms with Gasteiger partial charge in [0.05, 0.1) is 0 Å². The van der Waals surface area contributed by atoms with Gasteiger partial charge in [0, 0.05) is 28.7 Å². The monoisotopic (exact) mass is 250 g/mol. The molecular weight excluding hydrogens is 236 g/mol. The molecule has 4 nitrogen and oxygen atoms in total. The van der Waals surface area contributed by atoms with Crippen molar-refractivity contribution in [3.63, 3.8) is 0 Å². The number of carboxylic acid groups (broad SMARTS) is 1. The molecule has 0 aliphatic carbocycles. The molecule has 1 atom stereocenters. The Morgan fingerprint density at radius 3 is 3.18 bits per heavy atom. The average Bonchev–Trinajstić information content (AvgIpc) is 2.75. The Morgan fingerprint density at radius 2 is 2.41 bits per heavy atom. The van der Waals surface area contributed by atoms with Gasteiger partial charge in [0.25, 0.3) is 0 Å². The first-order valence-electron chi connectivity index (χ1n) is 5.47. The molecule has 2 rings (SSSR count). The van der Waals surface area contributed by atoms with Gasteiger partial charge in [-0.3, -0.25) is 4.79 Å². The molecular formula is C12H14N2O2S. The minimum atomic E-state index is -0.764. The van der Waals surface area contributed by atoms with Gasteiger partial charge in [-0.2, -0.15) is 0 Å². The predicted octanol–water partition coefficient (Wildman–Crippen LogP) is 2.96. The Balaban J connectivity index is 2.07. The summed E-state index contributed by atoms with van der Waals surface area (Å²) in [7, 11) is 0. The van der Waals surface area contributed by atoms with E-state index in [4.69, 9.17) is 5.11 Å². The van der Waals surface area contributed by atoms with Crippen LogP contribution in [-0.2, 0) is 4.79 Å². The van der Waals surface area contributed by atoms with Crippen molar-refractivity contribution in [1.29, 1.82) is 0 Å². The number of rotatable bonds is 5. The zero-order valence-electron chi connectivity index (χ0n) is 9.51. The van der Waals surface area contributed by atoms with Crippen LogP contribution in [0.4, 0.5) is 5.82 Å². The first-order valence-corrected chi connectivity index (χ1v) is 6.35. The van der Waals surface area contributed by atoms with E-state index >= 15 is 0 Å². The number of aliphatic carboxylic acids is 1. The fourth-order valence-electron chi connectivity index (χ4n) is 1.66. The second-order valence-corrected chi connectivity index (χ2v) is 4.92. The number of anilines is 1. The van der Waals surface area contributed by atoms with Gasteiger partial charge < -0.3 is 10.4 Å². The lowest BCUT2D eigenvalue weighted by atomic mass is 10.2. The van der Waals surface area contributed by atoms with Crippen molar-refractivity contribution in [1.82, 2.24) is 4.98 Å². The van der Waals surface area contributed by atoms with Gasteiger partial charge in [0.2, 0.25) is 0 Å². The van der Waals surface area contributed by atoms with E-state index in [0.29, 0.717) is 6.42 Å². The standard InChI is InChI=1S/C12H14N2O2S/c1-8(2-3-11(15)16)14-12-9-5-7-17-10(9)4-6-13-12/h4-8H,2-3H2,1H3,(H,13,14)(H,15,16). The first kappa shape index (κ1) is 11.9. The molecule has 17 heavy (non-hydrogen) atoms. The number of carboxylic acids is 1. The second kappa shape index (κ2) is 5.14. The van der Waals surface area contributed by atoms with Crippen LogP contribution < -0.4 is 5.32 Å².